The van der Waals surface area contributed by atoms with Crippen molar-refractivity contribution in [1.82, 2.24) is 10.2 Å². The van der Waals surface area contributed by atoms with Crippen molar-refractivity contribution in [2.45, 2.75) is 58.7 Å². The predicted molar refractivity (Wildman–Crippen MR) is 69.1 cm³/mol. The summed E-state index contributed by atoms with van der Waals surface area (Å²) in [6, 6.07) is -0.799. The van der Waals surface area contributed by atoms with Crippen LogP contribution in [0.1, 0.15) is 41.0 Å². The zero-order valence-corrected chi connectivity index (χ0v) is 11.9. The molecule has 1 N–H and O–H groups in total. The lowest BCUT2D eigenvalue weighted by atomic mass is 10.1. The van der Waals surface area contributed by atoms with Crippen LogP contribution in [0.3, 0.4) is 0 Å². The first-order valence-electron chi connectivity index (χ1n) is 6.51. The standard InChI is InChI=1S/C13H24N2O3/c1-6-10-11(16)14-9(2)12(17)15(10)7-8-18-13(3,4)5/h9-10H,6-8H2,1-5H3,(H,14,16). The summed E-state index contributed by atoms with van der Waals surface area (Å²) in [5.74, 6) is -0.0979. The van der Waals surface area contributed by atoms with Gasteiger partial charge in [-0.3, -0.25) is 9.59 Å². The van der Waals surface area contributed by atoms with Gasteiger partial charge in [0.15, 0.2) is 0 Å². The van der Waals surface area contributed by atoms with Crippen LogP contribution in [0.25, 0.3) is 0 Å². The highest BCUT2D eigenvalue weighted by Crippen LogP contribution is 2.14. The van der Waals surface area contributed by atoms with E-state index >= 15 is 0 Å². The van der Waals surface area contributed by atoms with E-state index in [2.05, 4.69) is 5.32 Å². The number of rotatable bonds is 4. The maximum absolute atomic E-state index is 12.1. The highest BCUT2D eigenvalue weighted by molar-refractivity contribution is 5.96. The van der Waals surface area contributed by atoms with E-state index in [0.29, 0.717) is 19.6 Å². The Morgan fingerprint density at radius 1 is 1.33 bits per heavy atom. The molecule has 0 aromatic rings. The molecule has 1 aliphatic heterocycles. The second kappa shape index (κ2) is 5.69. The molecule has 2 unspecified atom stereocenters. The van der Waals surface area contributed by atoms with Crippen molar-refractivity contribution in [2.75, 3.05) is 13.2 Å². The molecule has 0 spiro atoms. The Morgan fingerprint density at radius 3 is 2.44 bits per heavy atom. The van der Waals surface area contributed by atoms with Crippen LogP contribution in [-0.2, 0) is 14.3 Å². The van der Waals surface area contributed by atoms with Gasteiger partial charge in [-0.25, -0.2) is 0 Å². The van der Waals surface area contributed by atoms with Crippen LogP contribution < -0.4 is 5.32 Å². The van der Waals surface area contributed by atoms with E-state index in [4.69, 9.17) is 4.74 Å². The number of hydrogen-bond acceptors (Lipinski definition) is 3. The minimum atomic E-state index is -0.435. The molecule has 5 heteroatoms. The van der Waals surface area contributed by atoms with Crippen molar-refractivity contribution in [3.8, 4) is 0 Å². The first kappa shape index (κ1) is 15.0. The predicted octanol–water partition coefficient (Wildman–Crippen LogP) is 0.927. The third kappa shape index (κ3) is 3.70. The molecule has 5 nitrogen and oxygen atoms in total. The van der Waals surface area contributed by atoms with E-state index < -0.39 is 6.04 Å². The lowest BCUT2D eigenvalue weighted by Crippen LogP contribution is -2.62. The molecule has 1 saturated heterocycles. The van der Waals surface area contributed by atoms with Gasteiger partial charge in [0.2, 0.25) is 11.8 Å². The molecule has 18 heavy (non-hydrogen) atoms. The quantitative estimate of drug-likeness (QED) is 0.814. The van der Waals surface area contributed by atoms with Gasteiger partial charge >= 0.3 is 0 Å². The molecule has 1 heterocycles. The van der Waals surface area contributed by atoms with Gasteiger partial charge in [-0.05, 0) is 34.1 Å². The summed E-state index contributed by atoms with van der Waals surface area (Å²) in [6.45, 7) is 10.4. The van der Waals surface area contributed by atoms with E-state index in [1.54, 1.807) is 11.8 Å². The van der Waals surface area contributed by atoms with Gasteiger partial charge in [0.05, 0.1) is 12.2 Å². The normalized spacial score (nSPS) is 25.3. The molecule has 0 saturated carbocycles. The maximum atomic E-state index is 12.1. The number of hydrogen-bond donors (Lipinski definition) is 1. The number of ether oxygens (including phenoxy) is 1. The van der Waals surface area contributed by atoms with E-state index in [9.17, 15) is 9.59 Å². The number of nitrogens with one attached hydrogen (secondary N) is 1. The van der Waals surface area contributed by atoms with Gasteiger partial charge < -0.3 is 15.0 Å². The summed E-state index contributed by atoms with van der Waals surface area (Å²) in [5.41, 5.74) is -0.228. The first-order chi connectivity index (χ1) is 8.26. The fourth-order valence-corrected chi connectivity index (χ4v) is 2.04. The van der Waals surface area contributed by atoms with Crippen LogP contribution in [0.2, 0.25) is 0 Å². The van der Waals surface area contributed by atoms with Crippen LogP contribution in [0, 0.1) is 0 Å². The lowest BCUT2D eigenvalue weighted by Gasteiger charge is -2.38. The van der Waals surface area contributed by atoms with Crippen LogP contribution in [-0.4, -0.2) is 47.6 Å². The van der Waals surface area contributed by atoms with E-state index in [1.807, 2.05) is 27.7 Å². The van der Waals surface area contributed by atoms with Crippen LogP contribution in [0.4, 0.5) is 0 Å². The van der Waals surface area contributed by atoms with Crippen LogP contribution in [0.15, 0.2) is 0 Å². The molecule has 0 aromatic heterocycles. The molecule has 0 radical (unpaired) electrons. The summed E-state index contributed by atoms with van der Waals surface area (Å²) >= 11 is 0. The SMILES string of the molecule is CCC1C(=O)NC(C)C(=O)N1CCOC(C)(C)C. The molecule has 104 valence electrons. The monoisotopic (exact) mass is 256 g/mol. The third-order valence-corrected chi connectivity index (χ3v) is 2.95. The van der Waals surface area contributed by atoms with E-state index in [-0.39, 0.29) is 23.5 Å². The Hall–Kier alpha value is -1.10. The number of carbonyl (C=O) groups excluding carboxylic acids is 2. The highest BCUT2D eigenvalue weighted by Gasteiger charge is 2.37. The van der Waals surface area contributed by atoms with Crippen molar-refractivity contribution in [3.05, 3.63) is 0 Å². The second-order valence-corrected chi connectivity index (χ2v) is 5.65. The Kier molecular flexibility index (Phi) is 4.73. The fourth-order valence-electron chi connectivity index (χ4n) is 2.04. The topological polar surface area (TPSA) is 58.6 Å². The molecule has 2 atom stereocenters. The smallest absolute Gasteiger partial charge is 0.245 e. The molecule has 1 aliphatic rings. The minimum Gasteiger partial charge on any atom is -0.374 e. The lowest BCUT2D eigenvalue weighted by molar-refractivity contribution is -0.150. The zero-order chi connectivity index (χ0) is 13.9. The van der Waals surface area contributed by atoms with Crippen molar-refractivity contribution in [3.63, 3.8) is 0 Å². The number of amides is 2. The average Bonchev–Trinajstić information content (AvgIpc) is 2.23. The fraction of sp³-hybridized carbons (Fsp3) is 0.846. The molecule has 0 aliphatic carbocycles. The summed E-state index contributed by atoms with van der Waals surface area (Å²) in [4.78, 5) is 25.5. The highest BCUT2D eigenvalue weighted by atomic mass is 16.5. The molecular weight excluding hydrogens is 232 g/mol. The van der Waals surface area contributed by atoms with Crippen LogP contribution >= 0.6 is 0 Å². The van der Waals surface area contributed by atoms with Gasteiger partial charge in [0.25, 0.3) is 0 Å². The zero-order valence-electron chi connectivity index (χ0n) is 11.9. The average molecular weight is 256 g/mol. The molecule has 1 fully saturated rings. The summed E-state index contributed by atoms with van der Waals surface area (Å²) in [7, 11) is 0. The summed E-state index contributed by atoms with van der Waals surface area (Å²) in [5, 5.41) is 2.70. The van der Waals surface area contributed by atoms with E-state index in [0.717, 1.165) is 0 Å². The van der Waals surface area contributed by atoms with Crippen LogP contribution in [0.5, 0.6) is 0 Å². The summed E-state index contributed by atoms with van der Waals surface area (Å²) < 4.78 is 5.62. The Bertz CT molecular complexity index is 323. The van der Waals surface area contributed by atoms with Crippen molar-refractivity contribution < 1.29 is 14.3 Å². The molecular formula is C13H24N2O3. The Morgan fingerprint density at radius 2 is 1.94 bits per heavy atom. The summed E-state index contributed by atoms with van der Waals surface area (Å²) in [6.07, 6.45) is 0.625. The molecule has 0 aromatic carbocycles. The Labute approximate surface area is 109 Å². The molecule has 0 bridgehead atoms. The molecule has 2 amide bonds. The van der Waals surface area contributed by atoms with E-state index in [1.165, 1.54) is 0 Å². The largest absolute Gasteiger partial charge is 0.374 e. The minimum absolute atomic E-state index is 0.0287. The Balaban J connectivity index is 2.63. The number of carbonyl (C=O) groups is 2. The van der Waals surface area contributed by atoms with Gasteiger partial charge in [0.1, 0.15) is 12.1 Å². The number of nitrogens with zero attached hydrogens (tertiary/aromatic N) is 1. The van der Waals surface area contributed by atoms with Gasteiger partial charge in [-0.15, -0.1) is 0 Å². The van der Waals surface area contributed by atoms with Crippen molar-refractivity contribution >= 4 is 11.8 Å². The number of piperazine rings is 1. The molecule has 1 rings (SSSR count). The third-order valence-electron chi connectivity index (χ3n) is 2.95. The van der Waals surface area contributed by atoms with Crippen molar-refractivity contribution in [1.29, 1.82) is 0 Å². The van der Waals surface area contributed by atoms with Gasteiger partial charge in [0, 0.05) is 6.54 Å². The van der Waals surface area contributed by atoms with Gasteiger partial charge in [-0.2, -0.15) is 0 Å². The first-order valence-corrected chi connectivity index (χ1v) is 6.51. The second-order valence-electron chi connectivity index (χ2n) is 5.65. The van der Waals surface area contributed by atoms with Crippen molar-refractivity contribution in [2.24, 2.45) is 0 Å². The van der Waals surface area contributed by atoms with Gasteiger partial charge in [-0.1, -0.05) is 6.92 Å². The maximum Gasteiger partial charge on any atom is 0.245 e.